The van der Waals surface area contributed by atoms with Gasteiger partial charge in [-0.25, -0.2) is 0 Å². The molecule has 0 heterocycles. The summed E-state index contributed by atoms with van der Waals surface area (Å²) >= 11 is 19.6. The molecule has 1 N–H and O–H groups in total. The first-order valence-corrected chi connectivity index (χ1v) is 9.87. The zero-order valence-corrected chi connectivity index (χ0v) is 16.1. The van der Waals surface area contributed by atoms with E-state index in [1.165, 1.54) is 11.8 Å². The molecule has 0 fully saturated rings. The molecule has 0 aliphatic carbocycles. The lowest BCUT2D eigenvalue weighted by Crippen LogP contribution is -2.26. The highest BCUT2D eigenvalue weighted by Crippen LogP contribution is 2.24. The van der Waals surface area contributed by atoms with Crippen molar-refractivity contribution < 1.29 is 4.79 Å². The van der Waals surface area contributed by atoms with Crippen LogP contribution in [0.4, 0.5) is 0 Å². The first-order chi connectivity index (χ1) is 11.6. The number of rotatable bonds is 8. The van der Waals surface area contributed by atoms with Crippen molar-refractivity contribution >= 4 is 52.5 Å². The second-order valence-corrected chi connectivity index (χ2v) is 7.51. The van der Waals surface area contributed by atoms with Crippen molar-refractivity contribution in [3.8, 4) is 0 Å². The minimum absolute atomic E-state index is 0.0317. The van der Waals surface area contributed by atoms with E-state index in [1.54, 1.807) is 12.1 Å². The molecule has 24 heavy (non-hydrogen) atoms. The van der Waals surface area contributed by atoms with Crippen molar-refractivity contribution in [1.82, 2.24) is 5.32 Å². The highest BCUT2D eigenvalue weighted by Gasteiger charge is 2.05. The number of hydrogen-bond acceptors (Lipinski definition) is 2. The van der Waals surface area contributed by atoms with Crippen LogP contribution in [0.3, 0.4) is 0 Å². The number of hydrogen-bond donors (Lipinski definition) is 1. The molecular formula is C18H18Cl3NOS. The van der Waals surface area contributed by atoms with Crippen LogP contribution in [0.2, 0.25) is 15.1 Å². The fourth-order valence-electron chi connectivity index (χ4n) is 2.15. The van der Waals surface area contributed by atoms with Crippen LogP contribution >= 0.6 is 46.6 Å². The summed E-state index contributed by atoms with van der Waals surface area (Å²) < 4.78 is 0. The molecule has 2 rings (SSSR count). The van der Waals surface area contributed by atoms with Crippen molar-refractivity contribution in [2.75, 3.05) is 12.3 Å². The normalized spacial score (nSPS) is 10.6. The number of thioether (sulfide) groups is 1. The summed E-state index contributed by atoms with van der Waals surface area (Å²) in [7, 11) is 0. The SMILES string of the molecule is O=C(CSCc1ccc(Cl)cc1Cl)NCCCc1ccccc1Cl. The summed E-state index contributed by atoms with van der Waals surface area (Å²) in [4.78, 5) is 11.8. The van der Waals surface area contributed by atoms with Crippen LogP contribution < -0.4 is 5.32 Å². The number of benzene rings is 2. The van der Waals surface area contributed by atoms with Crippen LogP contribution in [0.15, 0.2) is 42.5 Å². The Kier molecular flexibility index (Phi) is 8.26. The Balaban J connectivity index is 1.62. The molecule has 2 aromatic carbocycles. The standard InChI is InChI=1S/C18H18Cl3NOS/c19-15-8-7-14(17(21)10-15)11-24-12-18(23)22-9-3-5-13-4-1-2-6-16(13)20/h1-2,4,6-8,10H,3,5,9,11-12H2,(H,22,23). The van der Waals surface area contributed by atoms with Crippen LogP contribution in [0, 0.1) is 0 Å². The predicted molar refractivity (Wildman–Crippen MR) is 105 cm³/mol. The monoisotopic (exact) mass is 401 g/mol. The van der Waals surface area contributed by atoms with Crippen LogP contribution in [0.1, 0.15) is 17.5 Å². The largest absolute Gasteiger partial charge is 0.355 e. The van der Waals surface area contributed by atoms with E-state index < -0.39 is 0 Å². The van der Waals surface area contributed by atoms with Gasteiger partial charge >= 0.3 is 0 Å². The van der Waals surface area contributed by atoms with Crippen molar-refractivity contribution in [2.24, 2.45) is 0 Å². The molecule has 0 atom stereocenters. The van der Waals surface area contributed by atoms with E-state index in [0.29, 0.717) is 28.1 Å². The molecule has 6 heteroatoms. The van der Waals surface area contributed by atoms with Crippen molar-refractivity contribution in [1.29, 1.82) is 0 Å². The van der Waals surface area contributed by atoms with Crippen LogP contribution in [0.25, 0.3) is 0 Å². The molecule has 0 aliphatic heterocycles. The maximum atomic E-state index is 11.8. The lowest BCUT2D eigenvalue weighted by molar-refractivity contribution is -0.118. The van der Waals surface area contributed by atoms with Gasteiger partial charge in [-0.1, -0.05) is 59.1 Å². The zero-order valence-electron chi connectivity index (χ0n) is 13.0. The van der Waals surface area contributed by atoms with E-state index in [0.717, 1.165) is 29.0 Å². The molecule has 0 aliphatic rings. The van der Waals surface area contributed by atoms with Crippen molar-refractivity contribution in [2.45, 2.75) is 18.6 Å². The minimum atomic E-state index is 0.0317. The fraction of sp³-hybridized carbons (Fsp3) is 0.278. The molecule has 1 amide bonds. The maximum absolute atomic E-state index is 11.8. The van der Waals surface area contributed by atoms with Crippen LogP contribution in [-0.2, 0) is 17.0 Å². The van der Waals surface area contributed by atoms with E-state index in [9.17, 15) is 4.79 Å². The van der Waals surface area contributed by atoms with Gasteiger partial charge in [0, 0.05) is 27.4 Å². The third kappa shape index (κ3) is 6.56. The van der Waals surface area contributed by atoms with Gasteiger partial charge in [-0.15, -0.1) is 11.8 Å². The number of halogens is 3. The molecule has 0 radical (unpaired) electrons. The maximum Gasteiger partial charge on any atom is 0.230 e. The molecule has 2 aromatic rings. The Morgan fingerprint density at radius 1 is 1.00 bits per heavy atom. The molecule has 128 valence electrons. The fourth-order valence-corrected chi connectivity index (χ4v) is 3.80. The van der Waals surface area contributed by atoms with Gasteiger partial charge in [-0.3, -0.25) is 4.79 Å². The lowest BCUT2D eigenvalue weighted by atomic mass is 10.1. The summed E-state index contributed by atoms with van der Waals surface area (Å²) in [6.45, 7) is 0.645. The summed E-state index contributed by atoms with van der Waals surface area (Å²) in [6, 6.07) is 13.2. The second-order valence-electron chi connectivity index (χ2n) is 5.27. The first kappa shape index (κ1) is 19.5. The number of carbonyl (C=O) groups excluding carboxylic acids is 1. The molecule has 0 unspecified atom stereocenters. The van der Waals surface area contributed by atoms with Gasteiger partial charge in [0.1, 0.15) is 0 Å². The molecule has 0 aromatic heterocycles. The van der Waals surface area contributed by atoms with E-state index in [-0.39, 0.29) is 5.91 Å². The van der Waals surface area contributed by atoms with Gasteiger partial charge < -0.3 is 5.32 Å². The third-order valence-corrected chi connectivity index (χ3v) is 5.35. The van der Waals surface area contributed by atoms with Gasteiger partial charge in [0.15, 0.2) is 0 Å². The van der Waals surface area contributed by atoms with Crippen molar-refractivity contribution in [3.05, 3.63) is 68.7 Å². The zero-order chi connectivity index (χ0) is 17.4. The van der Waals surface area contributed by atoms with E-state index in [1.807, 2.05) is 30.3 Å². The molecule has 0 bridgehead atoms. The van der Waals surface area contributed by atoms with E-state index in [2.05, 4.69) is 5.32 Å². The van der Waals surface area contributed by atoms with Gasteiger partial charge in [0.05, 0.1) is 5.75 Å². The van der Waals surface area contributed by atoms with E-state index in [4.69, 9.17) is 34.8 Å². The lowest BCUT2D eigenvalue weighted by Gasteiger charge is -2.07. The van der Waals surface area contributed by atoms with Gasteiger partial charge in [-0.05, 0) is 42.2 Å². The van der Waals surface area contributed by atoms with E-state index >= 15 is 0 Å². The Morgan fingerprint density at radius 3 is 2.54 bits per heavy atom. The molecule has 0 saturated heterocycles. The Labute approximate surface area is 161 Å². The summed E-state index contributed by atoms with van der Waals surface area (Å²) in [5, 5.41) is 4.95. The van der Waals surface area contributed by atoms with Crippen LogP contribution in [-0.4, -0.2) is 18.2 Å². The quantitative estimate of drug-likeness (QED) is 0.580. The Morgan fingerprint density at radius 2 is 1.79 bits per heavy atom. The first-order valence-electron chi connectivity index (χ1n) is 7.58. The van der Waals surface area contributed by atoms with Crippen molar-refractivity contribution in [3.63, 3.8) is 0 Å². The summed E-state index contributed by atoms with van der Waals surface area (Å²) in [5.41, 5.74) is 2.10. The van der Waals surface area contributed by atoms with Crippen LogP contribution in [0.5, 0.6) is 0 Å². The molecule has 2 nitrogen and oxygen atoms in total. The van der Waals surface area contributed by atoms with Gasteiger partial charge in [0.2, 0.25) is 5.91 Å². The number of nitrogens with one attached hydrogen (secondary N) is 1. The Hall–Kier alpha value is -0.870. The molecular weight excluding hydrogens is 385 g/mol. The third-order valence-electron chi connectivity index (χ3n) is 3.41. The topological polar surface area (TPSA) is 29.1 Å². The predicted octanol–water partition coefficient (Wildman–Crippen LogP) is 5.63. The average Bonchev–Trinajstić information content (AvgIpc) is 2.55. The average molecular weight is 403 g/mol. The number of carbonyl (C=O) groups is 1. The van der Waals surface area contributed by atoms with Gasteiger partial charge in [0.25, 0.3) is 0 Å². The number of amides is 1. The van der Waals surface area contributed by atoms with Gasteiger partial charge in [-0.2, -0.15) is 0 Å². The highest BCUT2D eigenvalue weighted by atomic mass is 35.5. The minimum Gasteiger partial charge on any atom is -0.355 e. The Bertz CT molecular complexity index is 694. The number of aryl methyl sites for hydroxylation is 1. The summed E-state index contributed by atoms with van der Waals surface area (Å²) in [5.74, 6) is 1.12. The molecule has 0 saturated carbocycles. The summed E-state index contributed by atoms with van der Waals surface area (Å²) in [6.07, 6.45) is 1.72. The smallest absolute Gasteiger partial charge is 0.230 e. The second kappa shape index (κ2) is 10.2. The highest BCUT2D eigenvalue weighted by molar-refractivity contribution is 7.99. The molecule has 0 spiro atoms.